The van der Waals surface area contributed by atoms with Gasteiger partial charge < -0.3 is 0 Å². The van der Waals surface area contributed by atoms with E-state index in [1.54, 1.807) is 0 Å². The molecule has 0 N–H and O–H groups in total. The molecule has 0 radical (unpaired) electrons. The molecule has 0 aromatic carbocycles. The Bertz CT molecular complexity index is 822. The largest absolute Gasteiger partial charge is 0.298 e. The topological polar surface area (TPSA) is 13.0 Å². The Morgan fingerprint density at radius 3 is 0.827 bits per heavy atom. The number of hydrogen-bond acceptors (Lipinski definition) is 4. The normalized spacial score (nSPS) is 24.2. The zero-order valence-corrected chi connectivity index (χ0v) is 40.8. The molecule has 0 aromatic heterocycles. The molecule has 4 fully saturated rings. The molecule has 314 valence electrons. The molecule has 1 aliphatic carbocycles. The van der Waals surface area contributed by atoms with Gasteiger partial charge in [0.15, 0.2) is 0 Å². The monoisotopic (exact) mass is 735 g/mol. The van der Waals surface area contributed by atoms with Crippen LogP contribution >= 0.6 is 0 Å². The first-order valence-corrected chi connectivity index (χ1v) is 22.1. The van der Waals surface area contributed by atoms with Crippen LogP contribution in [0.25, 0.3) is 0 Å². The second kappa shape index (κ2) is 20.3. The fraction of sp³-hybridized carbons (Fsp3) is 1.00. The van der Waals surface area contributed by atoms with Crippen LogP contribution in [0.4, 0.5) is 0 Å². The first kappa shape index (κ1) is 51.8. The van der Waals surface area contributed by atoms with Crippen molar-refractivity contribution in [3.8, 4) is 0 Å². The Kier molecular flexibility index (Phi) is 20.3. The molecular formula is C48H102N4. The van der Waals surface area contributed by atoms with Crippen LogP contribution in [0.5, 0.6) is 0 Å². The second-order valence-corrected chi connectivity index (χ2v) is 24.2. The summed E-state index contributed by atoms with van der Waals surface area (Å²) in [4.78, 5) is 10.3. The van der Waals surface area contributed by atoms with Crippen molar-refractivity contribution < 1.29 is 0 Å². The van der Waals surface area contributed by atoms with Crippen LogP contribution in [0.1, 0.15) is 198 Å². The lowest BCUT2D eigenvalue weighted by Crippen LogP contribution is -2.59. The van der Waals surface area contributed by atoms with E-state index in [2.05, 4.69) is 172 Å². The molecule has 4 heteroatoms. The van der Waals surface area contributed by atoms with E-state index in [9.17, 15) is 0 Å². The minimum absolute atomic E-state index is 0.337. The Morgan fingerprint density at radius 1 is 0.327 bits per heavy atom. The highest BCUT2D eigenvalue weighted by atomic mass is 15.3. The minimum atomic E-state index is 0.337. The van der Waals surface area contributed by atoms with Gasteiger partial charge in [-0.3, -0.25) is 19.6 Å². The number of nitrogens with zero attached hydrogens (tertiary/aromatic N) is 4. The number of rotatable bonds is 0. The Morgan fingerprint density at radius 2 is 0.615 bits per heavy atom. The smallest absolute Gasteiger partial charge is 0.0126 e. The first-order chi connectivity index (χ1) is 23.1. The molecule has 4 rings (SSSR count). The average Bonchev–Trinajstić information content (AvgIpc) is 3.38. The van der Waals surface area contributed by atoms with Gasteiger partial charge in [0.25, 0.3) is 0 Å². The van der Waals surface area contributed by atoms with Crippen molar-refractivity contribution in [2.75, 3.05) is 52.4 Å². The van der Waals surface area contributed by atoms with Gasteiger partial charge in [-0.2, -0.15) is 0 Å². The highest BCUT2D eigenvalue weighted by Gasteiger charge is 2.40. The van der Waals surface area contributed by atoms with E-state index in [1.807, 2.05) is 13.8 Å². The maximum absolute atomic E-state index is 2.62. The number of piperazine rings is 1. The van der Waals surface area contributed by atoms with Crippen LogP contribution in [0.15, 0.2) is 0 Å². The summed E-state index contributed by atoms with van der Waals surface area (Å²) < 4.78 is 0. The Labute approximate surface area is 331 Å². The third kappa shape index (κ3) is 19.1. The molecule has 3 saturated heterocycles. The van der Waals surface area contributed by atoms with E-state index in [4.69, 9.17) is 0 Å². The summed E-state index contributed by atoms with van der Waals surface area (Å²) in [5, 5.41) is 0. The summed E-state index contributed by atoms with van der Waals surface area (Å²) in [5.74, 6) is 3.80. The predicted molar refractivity (Wildman–Crippen MR) is 238 cm³/mol. The summed E-state index contributed by atoms with van der Waals surface area (Å²) in [6.07, 6.45) is 7.14. The van der Waals surface area contributed by atoms with Gasteiger partial charge in [-0.25, -0.2) is 0 Å². The molecule has 0 aromatic rings. The third-order valence-corrected chi connectivity index (χ3v) is 12.8. The highest BCUT2D eigenvalue weighted by molar-refractivity contribution is 4.93. The molecule has 0 spiro atoms. The van der Waals surface area contributed by atoms with Gasteiger partial charge in [-0.05, 0) is 162 Å². The summed E-state index contributed by atoms with van der Waals surface area (Å²) in [6.45, 7) is 65.3. The molecule has 2 atom stereocenters. The third-order valence-electron chi connectivity index (χ3n) is 12.8. The van der Waals surface area contributed by atoms with Crippen LogP contribution in [0, 0.1) is 39.9 Å². The second-order valence-electron chi connectivity index (χ2n) is 24.2. The molecule has 1 unspecified atom stereocenters. The van der Waals surface area contributed by atoms with Crippen molar-refractivity contribution in [2.45, 2.75) is 220 Å². The number of piperidine rings is 1. The van der Waals surface area contributed by atoms with Crippen LogP contribution in [-0.4, -0.2) is 94.1 Å². The molecule has 3 heterocycles. The standard InChI is InChI=1S/C13H27N.C12H26N2.C11H23N.C10H20.C2H6/c1-12(2,3)11-7-9-14(10-8-11)13(4,5)6;1-11(2,3)13-7-9-14(10-8-13)12(4,5)6;1-10(2,3)9-7-12(8-9)11(4,5)6;1-8-5-6-9(7-8)10(2,3)4;1-2/h11H,7-10H2,1-6H3;7-10H2,1-6H3;9H,7-8H2,1-6H3;8-9H,5-7H2,1-4H3;1-2H3/t;;;8-,9?;/m...1./s1. The fourth-order valence-corrected chi connectivity index (χ4v) is 8.03. The average molecular weight is 735 g/mol. The highest BCUT2D eigenvalue weighted by Crippen LogP contribution is 2.42. The van der Waals surface area contributed by atoms with Crippen LogP contribution in [-0.2, 0) is 0 Å². The van der Waals surface area contributed by atoms with E-state index in [1.165, 1.54) is 84.5 Å². The summed E-state index contributed by atoms with van der Waals surface area (Å²) in [6, 6.07) is 0. The van der Waals surface area contributed by atoms with E-state index < -0.39 is 0 Å². The Hall–Kier alpha value is -0.160. The molecule has 0 bridgehead atoms. The molecule has 52 heavy (non-hydrogen) atoms. The maximum atomic E-state index is 2.62. The van der Waals surface area contributed by atoms with Gasteiger partial charge in [-0.1, -0.05) is 89.5 Å². The summed E-state index contributed by atoms with van der Waals surface area (Å²) >= 11 is 0. The van der Waals surface area contributed by atoms with E-state index in [0.29, 0.717) is 38.4 Å². The van der Waals surface area contributed by atoms with Gasteiger partial charge in [0.1, 0.15) is 0 Å². The molecule has 4 nitrogen and oxygen atoms in total. The van der Waals surface area contributed by atoms with Crippen molar-refractivity contribution >= 4 is 0 Å². The molecule has 1 saturated carbocycles. The van der Waals surface area contributed by atoms with Crippen LogP contribution < -0.4 is 0 Å². The zero-order valence-electron chi connectivity index (χ0n) is 40.8. The first-order valence-electron chi connectivity index (χ1n) is 22.1. The van der Waals surface area contributed by atoms with Gasteiger partial charge in [0.2, 0.25) is 0 Å². The van der Waals surface area contributed by atoms with Crippen molar-refractivity contribution in [3.05, 3.63) is 0 Å². The number of likely N-dealkylation sites (tertiary alicyclic amines) is 2. The van der Waals surface area contributed by atoms with E-state index >= 15 is 0 Å². The lowest BCUT2D eigenvalue weighted by atomic mass is 9.74. The Balaban J connectivity index is 0.000000660. The summed E-state index contributed by atoms with van der Waals surface area (Å²) in [7, 11) is 0. The van der Waals surface area contributed by atoms with E-state index in [-0.39, 0.29) is 0 Å². The van der Waals surface area contributed by atoms with E-state index in [0.717, 1.165) is 23.7 Å². The summed E-state index contributed by atoms with van der Waals surface area (Å²) in [5.41, 5.74) is 2.98. The van der Waals surface area contributed by atoms with Gasteiger partial charge in [-0.15, -0.1) is 0 Å². The quantitative estimate of drug-likeness (QED) is 0.246. The predicted octanol–water partition coefficient (Wildman–Crippen LogP) is 13.0. The van der Waals surface area contributed by atoms with Crippen molar-refractivity contribution in [2.24, 2.45) is 39.9 Å². The van der Waals surface area contributed by atoms with Gasteiger partial charge in [0.05, 0.1) is 0 Å². The molecule has 3 aliphatic heterocycles. The van der Waals surface area contributed by atoms with Crippen LogP contribution in [0.3, 0.4) is 0 Å². The lowest BCUT2D eigenvalue weighted by molar-refractivity contribution is -0.0345. The van der Waals surface area contributed by atoms with Crippen molar-refractivity contribution in [1.82, 2.24) is 19.6 Å². The zero-order chi connectivity index (χ0) is 41.3. The van der Waals surface area contributed by atoms with Gasteiger partial charge >= 0.3 is 0 Å². The minimum Gasteiger partial charge on any atom is -0.298 e. The molecular weight excluding hydrogens is 633 g/mol. The van der Waals surface area contributed by atoms with Gasteiger partial charge in [0, 0.05) is 61.4 Å². The number of hydrogen-bond donors (Lipinski definition) is 0. The molecule has 4 aliphatic rings. The fourth-order valence-electron chi connectivity index (χ4n) is 8.03. The lowest BCUT2D eigenvalue weighted by Gasteiger charge is -2.52. The van der Waals surface area contributed by atoms with Crippen molar-refractivity contribution in [3.63, 3.8) is 0 Å². The van der Waals surface area contributed by atoms with Crippen LogP contribution in [0.2, 0.25) is 0 Å². The van der Waals surface area contributed by atoms with Crippen molar-refractivity contribution in [1.29, 1.82) is 0 Å². The maximum Gasteiger partial charge on any atom is 0.0126 e. The molecule has 0 amide bonds. The SMILES string of the molecule is CC.CC(C)(C)C1CCN(C(C)(C)C)CC1.CC(C)(C)C1CN(C(C)(C)C)C1.CC(C)(C)N1CCN(C(C)(C)C)CC1.C[C@@H]1CCC(C(C)(C)C)C1.